The third kappa shape index (κ3) is 4.27. The second kappa shape index (κ2) is 7.98. The third-order valence-corrected chi connectivity index (χ3v) is 3.80. The van der Waals surface area contributed by atoms with Crippen LogP contribution in [0.5, 0.6) is 0 Å². The van der Waals surface area contributed by atoms with E-state index in [2.05, 4.69) is 25.6 Å². The van der Waals surface area contributed by atoms with Crippen molar-refractivity contribution in [2.24, 2.45) is 0 Å². The van der Waals surface area contributed by atoms with Crippen LogP contribution in [0.3, 0.4) is 0 Å². The van der Waals surface area contributed by atoms with E-state index < -0.39 is 0 Å². The van der Waals surface area contributed by atoms with Gasteiger partial charge >= 0.3 is 12.0 Å². The molecule has 3 aromatic rings. The second-order valence-electron chi connectivity index (χ2n) is 5.56. The number of anilines is 1. The van der Waals surface area contributed by atoms with Crippen LogP contribution in [-0.2, 0) is 11.3 Å². The summed E-state index contributed by atoms with van der Waals surface area (Å²) in [6.45, 7) is 0.348. The minimum Gasteiger partial charge on any atom is -0.465 e. The fraction of sp³-hybridized carbons (Fsp3) is 0.105. The normalized spacial score (nSPS) is 10.2. The van der Waals surface area contributed by atoms with E-state index in [4.69, 9.17) is 0 Å². The van der Waals surface area contributed by atoms with Gasteiger partial charge in [-0.25, -0.2) is 9.59 Å². The quantitative estimate of drug-likeness (QED) is 0.616. The molecule has 0 radical (unpaired) electrons. The van der Waals surface area contributed by atoms with Gasteiger partial charge in [0.05, 0.1) is 18.9 Å². The number of hydrogen-bond donors (Lipinski definition) is 3. The van der Waals surface area contributed by atoms with Crippen LogP contribution in [0.1, 0.15) is 15.9 Å². The Morgan fingerprint density at radius 3 is 2.38 bits per heavy atom. The van der Waals surface area contributed by atoms with Crippen LogP contribution in [0, 0.1) is 0 Å². The van der Waals surface area contributed by atoms with Crippen LogP contribution in [0.15, 0.2) is 60.9 Å². The second-order valence-corrected chi connectivity index (χ2v) is 5.56. The van der Waals surface area contributed by atoms with Crippen molar-refractivity contribution in [3.8, 4) is 11.1 Å². The molecule has 2 amide bonds. The summed E-state index contributed by atoms with van der Waals surface area (Å²) in [5.74, 6) is -0.388. The zero-order valence-electron chi connectivity index (χ0n) is 14.2. The van der Waals surface area contributed by atoms with E-state index in [1.165, 1.54) is 7.11 Å². The highest BCUT2D eigenvalue weighted by Crippen LogP contribution is 2.19. The molecule has 0 spiro atoms. The maximum atomic E-state index is 12.0. The summed E-state index contributed by atoms with van der Waals surface area (Å²) in [7, 11) is 1.34. The number of hydrogen-bond acceptors (Lipinski definition) is 4. The number of aromatic nitrogens is 2. The number of aromatic amines is 1. The molecule has 0 aliphatic rings. The Bertz CT molecular complexity index is 872. The minimum atomic E-state index is -0.388. The van der Waals surface area contributed by atoms with Crippen LogP contribution in [0.4, 0.5) is 10.5 Å². The number of methoxy groups -OCH3 is 1. The van der Waals surface area contributed by atoms with E-state index in [-0.39, 0.29) is 12.0 Å². The van der Waals surface area contributed by atoms with Gasteiger partial charge in [-0.1, -0.05) is 24.3 Å². The zero-order chi connectivity index (χ0) is 18.4. The van der Waals surface area contributed by atoms with Crippen LogP contribution in [0.2, 0.25) is 0 Å². The molecule has 0 aliphatic carbocycles. The van der Waals surface area contributed by atoms with E-state index in [9.17, 15) is 9.59 Å². The fourth-order valence-corrected chi connectivity index (χ4v) is 2.39. The van der Waals surface area contributed by atoms with Crippen LogP contribution in [0.25, 0.3) is 11.1 Å². The summed E-state index contributed by atoms with van der Waals surface area (Å²) < 4.78 is 4.65. The van der Waals surface area contributed by atoms with Crippen LogP contribution < -0.4 is 10.6 Å². The molecule has 0 saturated heterocycles. The molecule has 0 unspecified atom stereocenters. The van der Waals surface area contributed by atoms with Crippen molar-refractivity contribution in [3.05, 3.63) is 72.1 Å². The Morgan fingerprint density at radius 2 is 1.77 bits per heavy atom. The van der Waals surface area contributed by atoms with Crippen LogP contribution in [-0.4, -0.2) is 29.3 Å². The van der Waals surface area contributed by atoms with Crippen molar-refractivity contribution in [2.75, 3.05) is 12.4 Å². The first-order chi connectivity index (χ1) is 12.7. The number of urea groups is 1. The summed E-state index contributed by atoms with van der Waals surface area (Å²) in [5.41, 5.74) is 4.03. The van der Waals surface area contributed by atoms with Gasteiger partial charge < -0.3 is 15.4 Å². The molecule has 26 heavy (non-hydrogen) atoms. The summed E-state index contributed by atoms with van der Waals surface area (Å²) in [6, 6.07) is 14.0. The van der Waals surface area contributed by atoms with Gasteiger partial charge in [0.2, 0.25) is 0 Å². The maximum Gasteiger partial charge on any atom is 0.337 e. The molecule has 3 rings (SSSR count). The Kier molecular flexibility index (Phi) is 5.28. The summed E-state index contributed by atoms with van der Waals surface area (Å²) >= 11 is 0. The van der Waals surface area contributed by atoms with Gasteiger partial charge in [-0.15, -0.1) is 0 Å². The number of H-pyrrole nitrogens is 1. The molecule has 7 heteroatoms. The van der Waals surface area contributed by atoms with E-state index in [1.54, 1.807) is 36.7 Å². The van der Waals surface area contributed by atoms with Gasteiger partial charge in [0.25, 0.3) is 0 Å². The van der Waals surface area contributed by atoms with E-state index in [0.717, 1.165) is 16.7 Å². The number of carbonyl (C=O) groups is 2. The minimum absolute atomic E-state index is 0.307. The van der Waals surface area contributed by atoms with Crippen molar-refractivity contribution < 1.29 is 14.3 Å². The molecule has 2 aromatic carbocycles. The van der Waals surface area contributed by atoms with E-state index in [0.29, 0.717) is 17.8 Å². The number of ether oxygens (including phenoxy) is 1. The highest BCUT2D eigenvalue weighted by atomic mass is 16.5. The monoisotopic (exact) mass is 350 g/mol. The Hall–Kier alpha value is -3.61. The largest absolute Gasteiger partial charge is 0.465 e. The highest BCUT2D eigenvalue weighted by Gasteiger charge is 2.06. The molecule has 132 valence electrons. The number of rotatable bonds is 5. The number of amides is 2. The van der Waals surface area contributed by atoms with Crippen molar-refractivity contribution in [1.82, 2.24) is 15.5 Å². The Morgan fingerprint density at radius 1 is 1.04 bits per heavy atom. The molecule has 1 heterocycles. The molecular formula is C19H18N4O3. The van der Waals surface area contributed by atoms with Gasteiger partial charge in [-0.05, 0) is 35.4 Å². The van der Waals surface area contributed by atoms with Gasteiger partial charge in [-0.3, -0.25) is 5.10 Å². The standard InChI is InChI=1S/C19H18N4O3/c1-26-18(24)15-4-2-13(3-5-15)10-20-19(25)23-17-8-6-14(7-9-17)16-11-21-22-12-16/h2-9,11-12H,10H2,1H3,(H,21,22)(H2,20,23,25). The molecule has 0 atom stereocenters. The number of carbonyl (C=O) groups excluding carboxylic acids is 2. The third-order valence-electron chi connectivity index (χ3n) is 3.80. The number of nitrogens with zero attached hydrogens (tertiary/aromatic N) is 1. The molecule has 0 bridgehead atoms. The first kappa shape index (κ1) is 17.2. The zero-order valence-corrected chi connectivity index (χ0v) is 14.2. The average molecular weight is 350 g/mol. The predicted octanol–water partition coefficient (Wildman–Crippen LogP) is 3.19. The lowest BCUT2D eigenvalue weighted by molar-refractivity contribution is 0.0600. The molecule has 7 nitrogen and oxygen atoms in total. The lowest BCUT2D eigenvalue weighted by Crippen LogP contribution is -2.28. The smallest absolute Gasteiger partial charge is 0.337 e. The molecular weight excluding hydrogens is 332 g/mol. The van der Waals surface area contributed by atoms with Gasteiger partial charge in [0.1, 0.15) is 0 Å². The molecule has 1 aromatic heterocycles. The number of nitrogens with one attached hydrogen (secondary N) is 3. The predicted molar refractivity (Wildman–Crippen MR) is 97.7 cm³/mol. The first-order valence-corrected chi connectivity index (χ1v) is 7.97. The lowest BCUT2D eigenvalue weighted by Gasteiger charge is -2.09. The van der Waals surface area contributed by atoms with Gasteiger partial charge in [-0.2, -0.15) is 5.10 Å². The van der Waals surface area contributed by atoms with Crippen molar-refractivity contribution in [2.45, 2.75) is 6.54 Å². The van der Waals surface area contributed by atoms with Crippen molar-refractivity contribution in [3.63, 3.8) is 0 Å². The lowest BCUT2D eigenvalue weighted by atomic mass is 10.1. The average Bonchev–Trinajstić information content (AvgIpc) is 3.21. The first-order valence-electron chi connectivity index (χ1n) is 7.97. The SMILES string of the molecule is COC(=O)c1ccc(CNC(=O)Nc2ccc(-c3cn[nH]c3)cc2)cc1. The molecule has 0 fully saturated rings. The van der Waals surface area contributed by atoms with Crippen LogP contribution >= 0.6 is 0 Å². The summed E-state index contributed by atoms with van der Waals surface area (Å²) in [6.07, 6.45) is 3.54. The van der Waals surface area contributed by atoms with Gasteiger partial charge in [0, 0.05) is 24.0 Å². The van der Waals surface area contributed by atoms with Gasteiger partial charge in [0.15, 0.2) is 0 Å². The van der Waals surface area contributed by atoms with Crippen molar-refractivity contribution in [1.29, 1.82) is 0 Å². The number of benzene rings is 2. The summed E-state index contributed by atoms with van der Waals surface area (Å²) in [5, 5.41) is 12.2. The Balaban J connectivity index is 1.51. The molecule has 3 N–H and O–H groups in total. The topological polar surface area (TPSA) is 96.1 Å². The highest BCUT2D eigenvalue weighted by molar-refractivity contribution is 5.90. The fourth-order valence-electron chi connectivity index (χ4n) is 2.39. The van der Waals surface area contributed by atoms with E-state index >= 15 is 0 Å². The molecule has 0 saturated carbocycles. The number of esters is 1. The summed E-state index contributed by atoms with van der Waals surface area (Å²) in [4.78, 5) is 23.4. The van der Waals surface area contributed by atoms with Crippen molar-refractivity contribution >= 4 is 17.7 Å². The van der Waals surface area contributed by atoms with E-state index in [1.807, 2.05) is 24.3 Å². The molecule has 0 aliphatic heterocycles. The maximum absolute atomic E-state index is 12.0. The Labute approximate surface area is 150 Å².